The number of Topliss-reactive ketones (excluding diaryl/α,β-unsaturated/α-hetero) is 1. The zero-order valence-corrected chi connectivity index (χ0v) is 16.3. The van der Waals surface area contributed by atoms with E-state index in [0.29, 0.717) is 18.4 Å². The average molecular weight is 408 g/mol. The molecule has 1 aromatic rings. The van der Waals surface area contributed by atoms with Gasteiger partial charge in [-0.1, -0.05) is 41.9 Å². The molecule has 9 heteroatoms. The molecule has 2 aliphatic rings. The fraction of sp³-hybridized carbons (Fsp3) is 0.368. The van der Waals surface area contributed by atoms with Gasteiger partial charge >= 0.3 is 5.97 Å². The highest BCUT2D eigenvalue weighted by Gasteiger charge is 2.53. The first kappa shape index (κ1) is 21.6. The summed E-state index contributed by atoms with van der Waals surface area (Å²) < 4.78 is 0. The van der Waals surface area contributed by atoms with Crippen LogP contribution in [0.4, 0.5) is 0 Å². The highest BCUT2D eigenvalue weighted by atomic mass is 35.5. The van der Waals surface area contributed by atoms with Crippen molar-refractivity contribution in [3.8, 4) is 0 Å². The van der Waals surface area contributed by atoms with Gasteiger partial charge in [-0.3, -0.25) is 14.5 Å². The molecule has 28 heavy (non-hydrogen) atoms. The number of carbonyl (C=O) groups excluding carboxylic acids is 3. The molecule has 1 fully saturated rings. The van der Waals surface area contributed by atoms with Crippen LogP contribution in [0.3, 0.4) is 0 Å². The minimum atomic E-state index is -1.25. The number of fused-ring (bicyclic) bond motifs is 1. The monoisotopic (exact) mass is 407 g/mol. The minimum Gasteiger partial charge on any atom is -0.477 e. The molecular weight excluding hydrogens is 386 g/mol. The quantitative estimate of drug-likeness (QED) is 0.645. The summed E-state index contributed by atoms with van der Waals surface area (Å²) in [4.78, 5) is 46.4. The molecule has 3 atom stereocenters. The summed E-state index contributed by atoms with van der Waals surface area (Å²) in [6.45, 7) is 3.06. The first-order valence-corrected chi connectivity index (χ1v) is 9.06. The number of benzene rings is 1. The van der Waals surface area contributed by atoms with Gasteiger partial charge in [0.2, 0.25) is 5.91 Å². The molecule has 0 radical (unpaired) electrons. The maximum Gasteiger partial charge on any atom is 0.353 e. The highest BCUT2D eigenvalue weighted by molar-refractivity contribution is 6.32. The Morgan fingerprint density at radius 2 is 1.82 bits per heavy atom. The van der Waals surface area contributed by atoms with Gasteiger partial charge < -0.3 is 21.0 Å². The number of allylic oxidation sites excluding steroid dienone is 1. The number of hydrogen-bond donors (Lipinski definition) is 3. The normalized spacial score (nSPS) is 21.6. The van der Waals surface area contributed by atoms with Crippen LogP contribution in [0.5, 0.6) is 0 Å². The van der Waals surface area contributed by atoms with Gasteiger partial charge in [0.25, 0.3) is 5.91 Å². The first-order valence-electron chi connectivity index (χ1n) is 8.68. The topological polar surface area (TPSA) is 130 Å². The predicted molar refractivity (Wildman–Crippen MR) is 102 cm³/mol. The lowest BCUT2D eigenvalue weighted by atomic mass is 9.86. The van der Waals surface area contributed by atoms with Crippen molar-refractivity contribution in [3.63, 3.8) is 0 Å². The van der Waals surface area contributed by atoms with Gasteiger partial charge in [-0.25, -0.2) is 4.79 Å². The number of carbonyl (C=O) groups is 4. The maximum absolute atomic E-state index is 12.3. The van der Waals surface area contributed by atoms with E-state index >= 15 is 0 Å². The van der Waals surface area contributed by atoms with Gasteiger partial charge in [-0.05, 0) is 32.3 Å². The van der Waals surface area contributed by atoms with Crippen LogP contribution >= 0.6 is 11.6 Å². The average Bonchev–Trinajstić information content (AvgIpc) is 2.65. The molecule has 4 N–H and O–H groups in total. The molecule has 0 spiro atoms. The molecule has 2 aliphatic heterocycles. The standard InChI is InChI=1S/C16H16ClN3O4.C3H6O/c17-9-6-7-10-12(15(22)20(10)13(9)16(23)24)19-14(21)11(18)8-4-2-1-3-5-8;1-3(2)4/h1-5,10-12H,6-7,18H2,(H,19,21)(H,23,24);1-2H3/t10-,11-,12+;/m1./s1. The van der Waals surface area contributed by atoms with Gasteiger partial charge in [-0.2, -0.15) is 0 Å². The van der Waals surface area contributed by atoms with E-state index in [1.54, 1.807) is 24.3 Å². The Balaban J connectivity index is 0.000000640. The molecule has 0 unspecified atom stereocenters. The second kappa shape index (κ2) is 8.99. The SMILES string of the molecule is CC(C)=O.N[C@@H](C(=O)N[C@@H]1C(=O)N2C(C(=O)O)=C(Cl)CC[C@H]12)c1ccccc1. The molecule has 8 nitrogen and oxygen atoms in total. The smallest absolute Gasteiger partial charge is 0.353 e. The van der Waals surface area contributed by atoms with E-state index in [9.17, 15) is 24.3 Å². The van der Waals surface area contributed by atoms with Crippen molar-refractivity contribution in [2.75, 3.05) is 0 Å². The summed E-state index contributed by atoms with van der Waals surface area (Å²) >= 11 is 5.92. The number of aliphatic carboxylic acids is 1. The van der Waals surface area contributed by atoms with Crippen LogP contribution in [0.1, 0.15) is 38.3 Å². The van der Waals surface area contributed by atoms with Gasteiger partial charge in [0.1, 0.15) is 23.6 Å². The molecule has 0 aliphatic carbocycles. The zero-order valence-electron chi connectivity index (χ0n) is 15.5. The van der Waals surface area contributed by atoms with E-state index in [0.717, 1.165) is 4.90 Å². The molecule has 1 aromatic carbocycles. The highest BCUT2D eigenvalue weighted by Crippen LogP contribution is 2.38. The van der Waals surface area contributed by atoms with Crippen molar-refractivity contribution in [1.29, 1.82) is 0 Å². The molecule has 2 heterocycles. The van der Waals surface area contributed by atoms with E-state index < -0.39 is 35.9 Å². The van der Waals surface area contributed by atoms with Crippen LogP contribution in [0.15, 0.2) is 41.1 Å². The van der Waals surface area contributed by atoms with E-state index in [1.807, 2.05) is 6.07 Å². The Bertz CT molecular complexity index is 820. The fourth-order valence-corrected chi connectivity index (χ4v) is 3.35. The van der Waals surface area contributed by atoms with E-state index in [4.69, 9.17) is 17.3 Å². The number of nitrogens with two attached hydrogens (primary N) is 1. The van der Waals surface area contributed by atoms with Crippen molar-refractivity contribution in [2.45, 2.75) is 44.8 Å². The number of amides is 2. The third kappa shape index (κ3) is 4.58. The Kier molecular flexibility index (Phi) is 6.93. The third-order valence-electron chi connectivity index (χ3n) is 4.32. The van der Waals surface area contributed by atoms with Crippen molar-refractivity contribution in [3.05, 3.63) is 46.6 Å². The van der Waals surface area contributed by atoms with Crippen LogP contribution in [-0.2, 0) is 19.2 Å². The van der Waals surface area contributed by atoms with Crippen molar-refractivity contribution in [2.24, 2.45) is 5.73 Å². The van der Waals surface area contributed by atoms with Crippen LogP contribution in [0.2, 0.25) is 0 Å². The summed E-state index contributed by atoms with van der Waals surface area (Å²) in [5.74, 6) is -2.04. The molecule has 0 aromatic heterocycles. The summed E-state index contributed by atoms with van der Waals surface area (Å²) in [6, 6.07) is 6.74. The van der Waals surface area contributed by atoms with Crippen LogP contribution in [0.25, 0.3) is 0 Å². The van der Waals surface area contributed by atoms with Gasteiger partial charge in [0.15, 0.2) is 0 Å². The minimum absolute atomic E-state index is 0.151. The number of halogens is 1. The summed E-state index contributed by atoms with van der Waals surface area (Å²) in [5, 5.41) is 12.0. The van der Waals surface area contributed by atoms with E-state index in [2.05, 4.69) is 5.32 Å². The Hall–Kier alpha value is -2.71. The van der Waals surface area contributed by atoms with Crippen molar-refractivity contribution >= 4 is 35.2 Å². The second-order valence-corrected chi connectivity index (χ2v) is 7.11. The number of carboxylic acids is 1. The third-order valence-corrected chi connectivity index (χ3v) is 4.69. The number of nitrogens with one attached hydrogen (secondary N) is 1. The van der Waals surface area contributed by atoms with Crippen LogP contribution in [0, 0.1) is 0 Å². The molecule has 150 valence electrons. The number of hydrogen-bond acceptors (Lipinski definition) is 5. The van der Waals surface area contributed by atoms with Crippen LogP contribution < -0.4 is 11.1 Å². The molecule has 3 rings (SSSR count). The van der Waals surface area contributed by atoms with Crippen molar-refractivity contribution < 1.29 is 24.3 Å². The van der Waals surface area contributed by atoms with Gasteiger partial charge in [-0.15, -0.1) is 0 Å². The Labute approximate surface area is 167 Å². The van der Waals surface area contributed by atoms with Crippen molar-refractivity contribution in [1.82, 2.24) is 10.2 Å². The number of nitrogens with zero attached hydrogens (tertiary/aromatic N) is 1. The maximum atomic E-state index is 12.3. The van der Waals surface area contributed by atoms with E-state index in [-0.39, 0.29) is 16.5 Å². The molecule has 2 amide bonds. The summed E-state index contributed by atoms with van der Waals surface area (Å²) in [7, 11) is 0. The molecule has 1 saturated heterocycles. The molecule has 0 bridgehead atoms. The van der Waals surface area contributed by atoms with Crippen LogP contribution in [-0.4, -0.2) is 45.7 Å². The molecular formula is C19H22ClN3O5. The Morgan fingerprint density at radius 1 is 1.25 bits per heavy atom. The largest absolute Gasteiger partial charge is 0.477 e. The lowest BCUT2D eigenvalue weighted by Crippen LogP contribution is -2.72. The lowest BCUT2D eigenvalue weighted by Gasteiger charge is -2.49. The Morgan fingerprint density at radius 3 is 2.36 bits per heavy atom. The first-order chi connectivity index (χ1) is 13.1. The molecule has 0 saturated carbocycles. The fourth-order valence-electron chi connectivity index (χ4n) is 3.07. The van der Waals surface area contributed by atoms with E-state index in [1.165, 1.54) is 13.8 Å². The van der Waals surface area contributed by atoms with Gasteiger partial charge in [0.05, 0.1) is 6.04 Å². The summed E-state index contributed by atoms with van der Waals surface area (Å²) in [5.41, 5.74) is 6.35. The number of rotatable bonds is 4. The number of ketones is 1. The summed E-state index contributed by atoms with van der Waals surface area (Å²) in [6.07, 6.45) is 0.849. The number of carboxylic acid groups (broad SMARTS) is 1. The lowest BCUT2D eigenvalue weighted by molar-refractivity contribution is -0.156. The second-order valence-electron chi connectivity index (χ2n) is 6.66. The van der Waals surface area contributed by atoms with Gasteiger partial charge in [0, 0.05) is 5.03 Å². The number of β-lactam (4-membered cyclic amide) rings is 1. The zero-order chi connectivity index (χ0) is 21.0. The predicted octanol–water partition coefficient (Wildman–Crippen LogP) is 1.31.